The van der Waals surface area contributed by atoms with Crippen molar-refractivity contribution in [1.82, 2.24) is 9.21 Å². The van der Waals surface area contributed by atoms with Crippen molar-refractivity contribution in [3.05, 3.63) is 42.0 Å². The maximum atomic E-state index is 12.9. The zero-order valence-electron chi connectivity index (χ0n) is 17.8. The van der Waals surface area contributed by atoms with Gasteiger partial charge in [0.15, 0.2) is 0 Å². The van der Waals surface area contributed by atoms with Crippen molar-refractivity contribution in [1.29, 1.82) is 0 Å². The summed E-state index contributed by atoms with van der Waals surface area (Å²) in [5.74, 6) is 0.546. The maximum Gasteiger partial charge on any atom is 0.223 e. The third-order valence-corrected chi connectivity index (χ3v) is 8.17. The fourth-order valence-corrected chi connectivity index (χ4v) is 5.91. The van der Waals surface area contributed by atoms with Crippen molar-refractivity contribution in [2.75, 3.05) is 39.0 Å². The molecule has 1 amide bonds. The molecule has 0 bridgehead atoms. The summed E-state index contributed by atoms with van der Waals surface area (Å²) in [5, 5.41) is 0. The highest BCUT2D eigenvalue weighted by molar-refractivity contribution is 7.88. The molecule has 30 heavy (non-hydrogen) atoms. The highest BCUT2D eigenvalue weighted by atomic mass is 32.2. The van der Waals surface area contributed by atoms with Gasteiger partial charge in [0.2, 0.25) is 15.9 Å². The third kappa shape index (κ3) is 4.95. The lowest BCUT2D eigenvalue weighted by molar-refractivity contribution is -0.139. The normalized spacial score (nSPS) is 25.2. The SMILES string of the molecule is CS(=O)(=O)N1CCC2(CC1)CC(CC(=O)N1CC=C(c3ccccc3)CC1)CCO2. The number of hydrogen-bond acceptors (Lipinski definition) is 4. The number of carbonyl (C=O) groups is 1. The van der Waals surface area contributed by atoms with Gasteiger partial charge in [0, 0.05) is 39.2 Å². The van der Waals surface area contributed by atoms with Crippen LogP contribution in [0, 0.1) is 5.92 Å². The number of sulfonamides is 1. The molecule has 1 aromatic rings. The lowest BCUT2D eigenvalue weighted by Crippen LogP contribution is -2.51. The van der Waals surface area contributed by atoms with Crippen molar-refractivity contribution in [3.63, 3.8) is 0 Å². The Hall–Kier alpha value is -1.70. The minimum absolute atomic E-state index is 0.231. The Bertz CT molecular complexity index is 889. The Morgan fingerprint density at radius 3 is 2.53 bits per heavy atom. The highest BCUT2D eigenvalue weighted by Gasteiger charge is 2.42. The first-order valence-electron chi connectivity index (χ1n) is 11.0. The Morgan fingerprint density at radius 2 is 1.90 bits per heavy atom. The van der Waals surface area contributed by atoms with E-state index in [1.54, 1.807) is 4.31 Å². The van der Waals surface area contributed by atoms with E-state index in [1.807, 2.05) is 11.0 Å². The number of amides is 1. The number of carbonyl (C=O) groups excluding carboxylic acids is 1. The Labute approximate surface area is 179 Å². The average Bonchev–Trinajstić information content (AvgIpc) is 2.74. The minimum Gasteiger partial charge on any atom is -0.375 e. The molecule has 1 aromatic carbocycles. The summed E-state index contributed by atoms with van der Waals surface area (Å²) in [6.07, 6.45) is 8.12. The minimum atomic E-state index is -3.14. The van der Waals surface area contributed by atoms with Gasteiger partial charge in [-0.15, -0.1) is 0 Å². The van der Waals surface area contributed by atoms with Gasteiger partial charge in [0.1, 0.15) is 0 Å². The summed E-state index contributed by atoms with van der Waals surface area (Å²) in [4.78, 5) is 14.9. The topological polar surface area (TPSA) is 66.9 Å². The quantitative estimate of drug-likeness (QED) is 0.734. The maximum absolute atomic E-state index is 12.9. The van der Waals surface area contributed by atoms with Gasteiger partial charge >= 0.3 is 0 Å². The number of hydrogen-bond donors (Lipinski definition) is 0. The van der Waals surface area contributed by atoms with Crippen molar-refractivity contribution >= 4 is 21.5 Å². The molecule has 164 valence electrons. The van der Waals surface area contributed by atoms with Gasteiger partial charge in [0.25, 0.3) is 0 Å². The van der Waals surface area contributed by atoms with E-state index in [1.165, 1.54) is 17.4 Å². The van der Waals surface area contributed by atoms with E-state index < -0.39 is 10.0 Å². The van der Waals surface area contributed by atoms with Crippen LogP contribution in [0.3, 0.4) is 0 Å². The molecular weight excluding hydrogens is 400 g/mol. The zero-order chi connectivity index (χ0) is 21.2. The van der Waals surface area contributed by atoms with Crippen LogP contribution >= 0.6 is 0 Å². The molecule has 3 aliphatic heterocycles. The van der Waals surface area contributed by atoms with Crippen LogP contribution in [0.2, 0.25) is 0 Å². The van der Waals surface area contributed by atoms with Gasteiger partial charge in [0.05, 0.1) is 11.9 Å². The second kappa shape index (κ2) is 8.81. The van der Waals surface area contributed by atoms with Gasteiger partial charge in [-0.3, -0.25) is 4.79 Å². The van der Waals surface area contributed by atoms with E-state index >= 15 is 0 Å². The molecule has 3 heterocycles. The van der Waals surface area contributed by atoms with Gasteiger partial charge in [-0.05, 0) is 49.2 Å². The zero-order valence-corrected chi connectivity index (χ0v) is 18.6. The largest absolute Gasteiger partial charge is 0.375 e. The number of piperidine rings is 1. The van der Waals surface area contributed by atoms with Crippen molar-refractivity contribution < 1.29 is 17.9 Å². The lowest BCUT2D eigenvalue weighted by Gasteiger charge is -2.45. The van der Waals surface area contributed by atoms with E-state index in [-0.39, 0.29) is 11.5 Å². The van der Waals surface area contributed by atoms with Crippen LogP contribution in [0.15, 0.2) is 36.4 Å². The molecule has 0 aromatic heterocycles. The van der Waals surface area contributed by atoms with Crippen LogP contribution in [0.1, 0.15) is 44.1 Å². The van der Waals surface area contributed by atoms with Gasteiger partial charge in [-0.25, -0.2) is 12.7 Å². The summed E-state index contributed by atoms with van der Waals surface area (Å²) in [6.45, 7) is 3.14. The van der Waals surface area contributed by atoms with Crippen LogP contribution < -0.4 is 0 Å². The summed E-state index contributed by atoms with van der Waals surface area (Å²) in [7, 11) is -3.14. The average molecular weight is 433 g/mol. The van der Waals surface area contributed by atoms with Gasteiger partial charge in [-0.1, -0.05) is 36.4 Å². The summed E-state index contributed by atoms with van der Waals surface area (Å²) in [5.41, 5.74) is 2.31. The Kier molecular flexibility index (Phi) is 6.32. The van der Waals surface area contributed by atoms with E-state index in [9.17, 15) is 13.2 Å². The Morgan fingerprint density at radius 1 is 1.17 bits per heavy atom. The number of benzene rings is 1. The van der Waals surface area contributed by atoms with Crippen LogP contribution in [0.25, 0.3) is 5.57 Å². The van der Waals surface area contributed by atoms with Crippen LogP contribution in [0.4, 0.5) is 0 Å². The standard InChI is InChI=1S/C23H32N2O4S/c1-30(27,28)25-14-10-23(11-15-25)18-19(9-16-29-23)17-22(26)24-12-7-21(8-13-24)20-5-3-2-4-6-20/h2-7,19H,8-18H2,1H3. The van der Waals surface area contributed by atoms with E-state index in [2.05, 4.69) is 30.3 Å². The first kappa shape index (κ1) is 21.5. The molecule has 0 radical (unpaired) electrons. The van der Waals surface area contributed by atoms with E-state index in [4.69, 9.17) is 4.74 Å². The molecule has 6 nitrogen and oxygen atoms in total. The lowest BCUT2D eigenvalue weighted by atomic mass is 9.78. The molecule has 0 saturated carbocycles. The van der Waals surface area contributed by atoms with Crippen LogP contribution in [-0.4, -0.2) is 68.2 Å². The fourth-order valence-electron chi connectivity index (χ4n) is 5.06. The number of nitrogens with zero attached hydrogens (tertiary/aromatic N) is 2. The first-order valence-corrected chi connectivity index (χ1v) is 12.8. The van der Waals surface area contributed by atoms with Crippen LogP contribution in [-0.2, 0) is 19.6 Å². The molecule has 1 unspecified atom stereocenters. The second-order valence-corrected chi connectivity index (χ2v) is 10.9. The fraction of sp³-hybridized carbons (Fsp3) is 0.609. The Balaban J connectivity index is 1.31. The molecule has 4 rings (SSSR count). The molecule has 0 aliphatic carbocycles. The van der Waals surface area contributed by atoms with Crippen molar-refractivity contribution in [3.8, 4) is 0 Å². The monoisotopic (exact) mass is 432 g/mol. The van der Waals surface area contributed by atoms with Gasteiger partial charge < -0.3 is 9.64 Å². The molecular formula is C23H32N2O4S. The van der Waals surface area contributed by atoms with Crippen molar-refractivity contribution in [2.45, 2.75) is 44.1 Å². The molecule has 2 saturated heterocycles. The van der Waals surface area contributed by atoms with Crippen LogP contribution in [0.5, 0.6) is 0 Å². The highest BCUT2D eigenvalue weighted by Crippen LogP contribution is 2.39. The number of ether oxygens (including phenoxy) is 1. The predicted octanol–water partition coefficient (Wildman–Crippen LogP) is 2.91. The van der Waals surface area contributed by atoms with Gasteiger partial charge in [-0.2, -0.15) is 0 Å². The van der Waals surface area contributed by atoms with E-state index in [0.29, 0.717) is 38.6 Å². The summed E-state index contributed by atoms with van der Waals surface area (Å²) < 4.78 is 31.2. The summed E-state index contributed by atoms with van der Waals surface area (Å²) in [6, 6.07) is 10.4. The molecule has 2 fully saturated rings. The molecule has 1 atom stereocenters. The molecule has 3 aliphatic rings. The molecule has 1 spiro atoms. The van der Waals surface area contributed by atoms with E-state index in [0.717, 1.165) is 38.6 Å². The first-order chi connectivity index (χ1) is 14.3. The smallest absolute Gasteiger partial charge is 0.223 e. The number of rotatable bonds is 4. The molecule has 0 N–H and O–H groups in total. The predicted molar refractivity (Wildman–Crippen MR) is 117 cm³/mol. The second-order valence-electron chi connectivity index (χ2n) is 8.94. The van der Waals surface area contributed by atoms with Crippen molar-refractivity contribution in [2.24, 2.45) is 5.92 Å². The summed E-state index contributed by atoms with van der Waals surface area (Å²) >= 11 is 0. The molecule has 7 heteroatoms. The third-order valence-electron chi connectivity index (χ3n) is 6.87.